The Hall–Kier alpha value is -8.84. The van der Waals surface area contributed by atoms with Gasteiger partial charge in [-0.1, -0.05) is 133 Å². The highest BCUT2D eigenvalue weighted by atomic mass is 16.3. The maximum absolute atomic E-state index is 12.0. The molecule has 0 saturated heterocycles. The first-order valence-electron chi connectivity index (χ1n) is 20.6. The molecule has 13 aromatic rings. The minimum atomic E-state index is 0.371. The van der Waals surface area contributed by atoms with Crippen molar-refractivity contribution >= 4 is 87.5 Å². The van der Waals surface area contributed by atoms with Crippen molar-refractivity contribution in [1.29, 1.82) is 10.5 Å². The van der Waals surface area contributed by atoms with Gasteiger partial charge in [-0.15, -0.1) is 0 Å². The normalized spacial score (nSPS) is 11.8. The van der Waals surface area contributed by atoms with Crippen molar-refractivity contribution in [2.24, 2.45) is 0 Å². The zero-order valence-corrected chi connectivity index (χ0v) is 32.9. The molecule has 9 aromatic carbocycles. The predicted octanol–water partition coefficient (Wildman–Crippen LogP) is 14.8. The van der Waals surface area contributed by atoms with E-state index >= 15 is 0 Å². The smallest absolute Gasteiger partial charge is 0.136 e. The summed E-state index contributed by atoms with van der Waals surface area (Å²) in [7, 11) is 0. The number of fused-ring (bicyclic) bond motifs is 12. The van der Waals surface area contributed by atoms with Crippen LogP contribution < -0.4 is 0 Å². The van der Waals surface area contributed by atoms with Crippen LogP contribution in [0.5, 0.6) is 0 Å². The monoisotopic (exact) mass is 790 g/mol. The predicted molar refractivity (Wildman–Crippen MR) is 250 cm³/mol. The Labute approximate surface area is 353 Å². The number of furan rings is 2. The Morgan fingerprint density at radius 2 is 0.645 bits per heavy atom. The van der Waals surface area contributed by atoms with Gasteiger partial charge in [0.05, 0.1) is 44.6 Å². The first-order valence-corrected chi connectivity index (χ1v) is 20.6. The summed E-state index contributed by atoms with van der Waals surface area (Å²) < 4.78 is 17.5. The van der Waals surface area contributed by atoms with E-state index in [-0.39, 0.29) is 0 Å². The molecule has 0 atom stereocenters. The highest BCUT2D eigenvalue weighted by molar-refractivity contribution is 6.20. The van der Waals surface area contributed by atoms with Gasteiger partial charge in [-0.25, -0.2) is 0 Å². The molecule has 0 saturated carbocycles. The van der Waals surface area contributed by atoms with E-state index in [9.17, 15) is 10.5 Å². The number of hydrogen-bond acceptors (Lipinski definition) is 4. The van der Waals surface area contributed by atoms with Gasteiger partial charge in [-0.3, -0.25) is 0 Å². The number of aromatic nitrogens is 2. The molecular weight excluding hydrogens is 761 g/mol. The molecule has 0 spiro atoms. The summed E-state index contributed by atoms with van der Waals surface area (Å²) in [4.78, 5) is 0. The molecule has 0 radical (unpaired) electrons. The van der Waals surface area contributed by atoms with Gasteiger partial charge in [0.15, 0.2) is 0 Å². The lowest BCUT2D eigenvalue weighted by atomic mass is 9.84. The lowest BCUT2D eigenvalue weighted by Crippen LogP contribution is -2.11. The Balaban J connectivity index is 1.37. The van der Waals surface area contributed by atoms with Crippen LogP contribution >= 0.6 is 0 Å². The van der Waals surface area contributed by atoms with Crippen molar-refractivity contribution in [2.75, 3.05) is 0 Å². The van der Waals surface area contributed by atoms with Crippen LogP contribution in [-0.2, 0) is 0 Å². The van der Waals surface area contributed by atoms with E-state index in [1.165, 1.54) is 0 Å². The van der Waals surface area contributed by atoms with Gasteiger partial charge < -0.3 is 18.0 Å². The van der Waals surface area contributed by atoms with Crippen LogP contribution in [-0.4, -0.2) is 9.13 Å². The fourth-order valence-electron chi connectivity index (χ4n) is 10.2. The van der Waals surface area contributed by atoms with Crippen LogP contribution in [0.15, 0.2) is 191 Å². The first kappa shape index (κ1) is 34.1. The quantitative estimate of drug-likeness (QED) is 0.178. The van der Waals surface area contributed by atoms with Crippen molar-refractivity contribution in [3.05, 3.63) is 193 Å². The third-order valence-corrected chi connectivity index (χ3v) is 12.6. The third kappa shape index (κ3) is 4.50. The second-order valence-electron chi connectivity index (χ2n) is 15.7. The van der Waals surface area contributed by atoms with E-state index in [0.29, 0.717) is 39.1 Å². The Kier molecular flexibility index (Phi) is 7.05. The van der Waals surface area contributed by atoms with E-state index in [1.54, 1.807) is 0 Å². The van der Waals surface area contributed by atoms with E-state index in [0.717, 1.165) is 93.1 Å². The van der Waals surface area contributed by atoms with Crippen molar-refractivity contribution in [3.63, 3.8) is 0 Å². The summed E-state index contributed by atoms with van der Waals surface area (Å²) in [6.45, 7) is 0. The van der Waals surface area contributed by atoms with E-state index in [4.69, 9.17) is 8.83 Å². The standard InChI is InChI=1S/C56H30N4O2/c57-31-41-53(39-21-13-29-49-51(39)37-19-5-11-27-47(37)61-49)56(60-45-25-9-3-17-35(45)36-18-4-10-26-46(36)60)54(40-22-14-30-50-52(40)38-20-6-12-28-48(38)62-50)42(32-58)55(41)59-43-23-7-1-15-33(43)34-16-2-8-24-44(34)59/h1-30H. The highest BCUT2D eigenvalue weighted by Gasteiger charge is 2.33. The summed E-state index contributed by atoms with van der Waals surface area (Å²) >= 11 is 0. The van der Waals surface area contributed by atoms with Crippen molar-refractivity contribution in [3.8, 4) is 45.8 Å². The lowest BCUT2D eigenvalue weighted by Gasteiger charge is -2.26. The van der Waals surface area contributed by atoms with Crippen LogP contribution in [0.2, 0.25) is 0 Å². The number of hydrogen-bond donors (Lipinski definition) is 0. The summed E-state index contributed by atoms with van der Waals surface area (Å²) in [5, 5.41) is 31.9. The van der Waals surface area contributed by atoms with Gasteiger partial charge in [-0.2, -0.15) is 10.5 Å². The van der Waals surface area contributed by atoms with Gasteiger partial charge in [0.25, 0.3) is 0 Å². The van der Waals surface area contributed by atoms with Crippen LogP contribution in [0, 0.1) is 22.7 Å². The third-order valence-electron chi connectivity index (χ3n) is 12.6. The minimum Gasteiger partial charge on any atom is -0.456 e. The Bertz CT molecular complexity index is 3880. The largest absolute Gasteiger partial charge is 0.456 e. The van der Waals surface area contributed by atoms with Gasteiger partial charge in [-0.05, 0) is 59.7 Å². The molecular formula is C56H30N4O2. The molecule has 286 valence electrons. The van der Waals surface area contributed by atoms with Crippen LogP contribution in [0.25, 0.3) is 121 Å². The number of nitriles is 2. The Morgan fingerprint density at radius 1 is 0.323 bits per heavy atom. The van der Waals surface area contributed by atoms with E-state index < -0.39 is 0 Å². The second kappa shape index (κ2) is 12.8. The zero-order valence-electron chi connectivity index (χ0n) is 32.9. The molecule has 62 heavy (non-hydrogen) atoms. The van der Waals surface area contributed by atoms with Crippen LogP contribution in [0.4, 0.5) is 0 Å². The van der Waals surface area contributed by atoms with Gasteiger partial charge in [0, 0.05) is 54.2 Å². The van der Waals surface area contributed by atoms with E-state index in [1.807, 2.05) is 84.9 Å². The zero-order chi connectivity index (χ0) is 41.1. The molecule has 13 rings (SSSR count). The van der Waals surface area contributed by atoms with Crippen molar-refractivity contribution < 1.29 is 8.83 Å². The molecule has 6 nitrogen and oxygen atoms in total. The summed E-state index contributed by atoms with van der Waals surface area (Å²) in [6, 6.07) is 67.0. The molecule has 0 aliphatic rings. The minimum absolute atomic E-state index is 0.371. The average molecular weight is 791 g/mol. The lowest BCUT2D eigenvalue weighted by molar-refractivity contribution is 0.668. The van der Waals surface area contributed by atoms with Gasteiger partial charge in [0.2, 0.25) is 0 Å². The molecule has 4 aromatic heterocycles. The summed E-state index contributed by atoms with van der Waals surface area (Å²) in [5.74, 6) is 0. The molecule has 4 heterocycles. The van der Waals surface area contributed by atoms with Crippen molar-refractivity contribution in [1.82, 2.24) is 9.13 Å². The van der Waals surface area contributed by atoms with E-state index in [2.05, 4.69) is 118 Å². The molecule has 0 bridgehead atoms. The maximum Gasteiger partial charge on any atom is 0.136 e. The number of para-hydroxylation sites is 6. The SMILES string of the molecule is N#Cc1c(-c2cccc3oc4ccccc4c23)c(-n2c3ccccc3c3ccccc32)c(-c2cccc3oc4ccccc4c23)c(C#N)c1-n1c2ccccc2c2ccccc21. The van der Waals surface area contributed by atoms with Gasteiger partial charge >= 0.3 is 0 Å². The van der Waals surface area contributed by atoms with Crippen LogP contribution in [0.3, 0.4) is 0 Å². The number of nitrogens with zero attached hydrogens (tertiary/aromatic N) is 4. The van der Waals surface area contributed by atoms with Crippen LogP contribution in [0.1, 0.15) is 11.1 Å². The first-order chi connectivity index (χ1) is 30.7. The summed E-state index contributed by atoms with van der Waals surface area (Å²) in [6.07, 6.45) is 0. The fourth-order valence-corrected chi connectivity index (χ4v) is 10.2. The maximum atomic E-state index is 12.0. The topological polar surface area (TPSA) is 83.7 Å². The number of benzene rings is 9. The van der Waals surface area contributed by atoms with Gasteiger partial charge in [0.1, 0.15) is 34.5 Å². The molecule has 0 unspecified atom stereocenters. The molecule has 0 aliphatic heterocycles. The Morgan fingerprint density at radius 3 is 1.03 bits per heavy atom. The highest BCUT2D eigenvalue weighted by Crippen LogP contribution is 2.52. The fraction of sp³-hybridized carbons (Fsp3) is 0. The number of rotatable bonds is 4. The summed E-state index contributed by atoms with van der Waals surface area (Å²) in [5.41, 5.74) is 11.6. The molecule has 6 heteroatoms. The average Bonchev–Trinajstić information content (AvgIpc) is 4.08. The second-order valence-corrected chi connectivity index (χ2v) is 15.7. The molecule has 0 amide bonds. The molecule has 0 fully saturated rings. The molecule has 0 N–H and O–H groups in total. The van der Waals surface area contributed by atoms with Crippen molar-refractivity contribution in [2.45, 2.75) is 0 Å². The molecule has 0 aliphatic carbocycles.